The molecule has 0 radical (unpaired) electrons. The topological polar surface area (TPSA) is 32.7 Å². The second-order valence-corrected chi connectivity index (χ2v) is 5.28. The molecule has 2 aromatic rings. The summed E-state index contributed by atoms with van der Waals surface area (Å²) in [5, 5.41) is 6.55. The highest BCUT2D eigenvalue weighted by Crippen LogP contribution is 2.09. The molecule has 0 aliphatic carbocycles. The van der Waals surface area contributed by atoms with E-state index in [1.54, 1.807) is 0 Å². The van der Waals surface area contributed by atoms with Crippen molar-refractivity contribution in [3.05, 3.63) is 71.8 Å². The van der Waals surface area contributed by atoms with Crippen molar-refractivity contribution in [1.82, 2.24) is 5.01 Å². The summed E-state index contributed by atoms with van der Waals surface area (Å²) in [6.07, 6.45) is 0.911. The molecular formula is C19H22N2O. The van der Waals surface area contributed by atoms with Crippen molar-refractivity contribution < 1.29 is 4.79 Å². The van der Waals surface area contributed by atoms with Crippen LogP contribution < -0.4 is 0 Å². The van der Waals surface area contributed by atoms with Gasteiger partial charge in [0, 0.05) is 13.5 Å². The summed E-state index contributed by atoms with van der Waals surface area (Å²) in [6, 6.07) is 20.1. The Labute approximate surface area is 132 Å². The molecule has 114 valence electrons. The van der Waals surface area contributed by atoms with Gasteiger partial charge in [0.1, 0.15) is 5.78 Å². The van der Waals surface area contributed by atoms with Crippen molar-refractivity contribution in [3.63, 3.8) is 0 Å². The maximum Gasteiger partial charge on any atom is 0.138 e. The van der Waals surface area contributed by atoms with Gasteiger partial charge < -0.3 is 0 Å². The van der Waals surface area contributed by atoms with Crippen LogP contribution >= 0.6 is 0 Å². The fraction of sp³-hybridized carbons (Fsp3) is 0.263. The van der Waals surface area contributed by atoms with Gasteiger partial charge in [0.2, 0.25) is 0 Å². The lowest BCUT2D eigenvalue weighted by molar-refractivity contribution is -0.117. The third-order valence-electron chi connectivity index (χ3n) is 3.41. The molecule has 3 nitrogen and oxygen atoms in total. The number of nitrogens with zero attached hydrogens (tertiary/aromatic N) is 2. The monoisotopic (exact) mass is 294 g/mol. The fourth-order valence-corrected chi connectivity index (χ4v) is 2.23. The van der Waals surface area contributed by atoms with Crippen molar-refractivity contribution in [2.45, 2.75) is 26.3 Å². The number of hydrazone groups is 1. The Kier molecular flexibility index (Phi) is 5.90. The van der Waals surface area contributed by atoms with Gasteiger partial charge in [-0.25, -0.2) is 0 Å². The van der Waals surface area contributed by atoms with Gasteiger partial charge >= 0.3 is 0 Å². The van der Waals surface area contributed by atoms with Crippen LogP contribution in [0.2, 0.25) is 0 Å². The highest BCUT2D eigenvalue weighted by molar-refractivity contribution is 6.10. The third-order valence-corrected chi connectivity index (χ3v) is 3.41. The number of hydrogen-bond donors (Lipinski definition) is 0. The van der Waals surface area contributed by atoms with E-state index >= 15 is 0 Å². The number of hydrogen-bond acceptors (Lipinski definition) is 3. The quantitative estimate of drug-likeness (QED) is 0.573. The van der Waals surface area contributed by atoms with Crippen molar-refractivity contribution in [3.8, 4) is 0 Å². The smallest absolute Gasteiger partial charge is 0.138 e. The Balaban J connectivity index is 2.18. The first-order valence-electron chi connectivity index (χ1n) is 7.58. The Hall–Kier alpha value is -2.42. The zero-order valence-corrected chi connectivity index (χ0v) is 13.2. The summed E-state index contributed by atoms with van der Waals surface area (Å²) in [7, 11) is 1.94. The molecule has 0 aromatic heterocycles. The minimum Gasteiger partial charge on any atom is -0.299 e. The molecule has 2 rings (SSSR count). The number of Topliss-reactive ketones (excluding diaryl/α,β-unsaturated/α-hetero) is 1. The largest absolute Gasteiger partial charge is 0.299 e. The first-order valence-corrected chi connectivity index (χ1v) is 7.58. The van der Waals surface area contributed by atoms with Gasteiger partial charge in [-0.2, -0.15) is 5.10 Å². The molecule has 0 saturated carbocycles. The predicted octanol–water partition coefficient (Wildman–Crippen LogP) is 3.89. The first-order chi connectivity index (χ1) is 10.7. The van der Waals surface area contributed by atoms with Crippen LogP contribution in [0.3, 0.4) is 0 Å². The molecule has 0 bridgehead atoms. The summed E-state index contributed by atoms with van der Waals surface area (Å²) in [5.74, 6) is 0.204. The summed E-state index contributed by atoms with van der Waals surface area (Å²) < 4.78 is 0. The van der Waals surface area contributed by atoms with E-state index in [0.29, 0.717) is 12.8 Å². The van der Waals surface area contributed by atoms with Crippen LogP contribution in [-0.4, -0.2) is 23.6 Å². The minimum atomic E-state index is 0.204. The number of rotatable bonds is 7. The summed E-state index contributed by atoms with van der Waals surface area (Å²) in [5.41, 5.74) is 3.03. The summed E-state index contributed by atoms with van der Waals surface area (Å²) >= 11 is 0. The normalized spacial score (nSPS) is 11.3. The lowest BCUT2D eigenvalue weighted by atomic mass is 10.0. The Morgan fingerprint density at radius 1 is 1.00 bits per heavy atom. The molecule has 0 unspecified atom stereocenters. The number of benzene rings is 2. The molecule has 22 heavy (non-hydrogen) atoms. The Bertz CT molecular complexity index is 620. The van der Waals surface area contributed by atoms with E-state index in [-0.39, 0.29) is 5.78 Å². The average molecular weight is 294 g/mol. The van der Waals surface area contributed by atoms with Crippen LogP contribution in [-0.2, 0) is 11.3 Å². The van der Waals surface area contributed by atoms with Gasteiger partial charge in [-0.1, -0.05) is 67.6 Å². The van der Waals surface area contributed by atoms with Gasteiger partial charge in [-0.15, -0.1) is 0 Å². The van der Waals surface area contributed by atoms with Crippen molar-refractivity contribution in [2.24, 2.45) is 5.10 Å². The molecule has 0 aliphatic heterocycles. The molecule has 0 N–H and O–H groups in total. The van der Waals surface area contributed by atoms with E-state index in [4.69, 9.17) is 0 Å². The number of ketones is 1. The number of carbonyl (C=O) groups excluding carboxylic acids is 1. The van der Waals surface area contributed by atoms with Gasteiger partial charge in [0.25, 0.3) is 0 Å². The van der Waals surface area contributed by atoms with Crippen LogP contribution in [0.5, 0.6) is 0 Å². The van der Waals surface area contributed by atoms with Crippen molar-refractivity contribution in [1.29, 1.82) is 0 Å². The van der Waals surface area contributed by atoms with Gasteiger partial charge in [-0.3, -0.25) is 9.80 Å². The third kappa shape index (κ3) is 4.85. The SMILES string of the molecule is CCC(=O)C/C(=N\N(C)Cc1ccccc1)c1ccccc1. The molecule has 0 spiro atoms. The maximum absolute atomic E-state index is 11.8. The lowest BCUT2D eigenvalue weighted by Crippen LogP contribution is -2.17. The summed E-state index contributed by atoms with van der Waals surface area (Å²) in [6.45, 7) is 2.61. The van der Waals surface area contributed by atoms with Gasteiger partial charge in [0.05, 0.1) is 18.7 Å². The first kappa shape index (κ1) is 16.0. The zero-order chi connectivity index (χ0) is 15.8. The van der Waals surface area contributed by atoms with Gasteiger partial charge in [-0.05, 0) is 11.1 Å². The van der Waals surface area contributed by atoms with E-state index in [1.165, 1.54) is 5.56 Å². The second kappa shape index (κ2) is 8.13. The van der Waals surface area contributed by atoms with Gasteiger partial charge in [0.15, 0.2) is 0 Å². The molecular weight excluding hydrogens is 272 g/mol. The molecule has 0 aliphatic rings. The van der Waals surface area contributed by atoms with Crippen molar-refractivity contribution >= 4 is 11.5 Å². The molecule has 0 amide bonds. The van der Waals surface area contributed by atoms with Crippen LogP contribution in [0, 0.1) is 0 Å². The van der Waals surface area contributed by atoms with Crippen LogP contribution in [0.25, 0.3) is 0 Å². The van der Waals surface area contributed by atoms with E-state index in [0.717, 1.165) is 17.8 Å². The second-order valence-electron chi connectivity index (χ2n) is 5.28. The van der Waals surface area contributed by atoms with Crippen LogP contribution in [0.4, 0.5) is 0 Å². The van der Waals surface area contributed by atoms with E-state index in [2.05, 4.69) is 17.2 Å². The van der Waals surface area contributed by atoms with E-state index in [9.17, 15) is 4.79 Å². The highest BCUT2D eigenvalue weighted by Gasteiger charge is 2.10. The lowest BCUT2D eigenvalue weighted by Gasteiger charge is -2.16. The maximum atomic E-state index is 11.8. The van der Waals surface area contributed by atoms with E-state index in [1.807, 2.05) is 67.5 Å². The van der Waals surface area contributed by atoms with E-state index < -0.39 is 0 Å². The molecule has 0 saturated heterocycles. The standard InChI is InChI=1S/C19H22N2O/c1-3-18(22)14-19(17-12-8-5-9-13-17)20-21(2)15-16-10-6-4-7-11-16/h4-13H,3,14-15H2,1-2H3/b20-19+. The zero-order valence-electron chi connectivity index (χ0n) is 13.2. The summed E-state index contributed by atoms with van der Waals surface area (Å²) in [4.78, 5) is 11.8. The minimum absolute atomic E-state index is 0.204. The predicted molar refractivity (Wildman–Crippen MR) is 90.8 cm³/mol. The fourth-order valence-electron chi connectivity index (χ4n) is 2.23. The average Bonchev–Trinajstić information content (AvgIpc) is 2.55. The highest BCUT2D eigenvalue weighted by atomic mass is 16.1. The van der Waals surface area contributed by atoms with Crippen LogP contribution in [0.15, 0.2) is 65.8 Å². The Morgan fingerprint density at radius 3 is 2.18 bits per heavy atom. The van der Waals surface area contributed by atoms with Crippen molar-refractivity contribution in [2.75, 3.05) is 7.05 Å². The molecule has 2 aromatic carbocycles. The molecule has 3 heteroatoms. The molecule has 0 fully saturated rings. The Morgan fingerprint density at radius 2 is 1.59 bits per heavy atom. The molecule has 0 atom stereocenters. The van der Waals surface area contributed by atoms with Crippen LogP contribution in [0.1, 0.15) is 30.9 Å². The molecule has 0 heterocycles. The number of carbonyl (C=O) groups is 1.